The van der Waals surface area contributed by atoms with Crippen LogP contribution < -0.4 is 0 Å². The molecule has 1 nitrogen and oxygen atoms in total. The molecular weight excluding hydrogens is 313 g/mol. The Morgan fingerprint density at radius 1 is 0.808 bits per heavy atom. The van der Waals surface area contributed by atoms with E-state index in [0.717, 1.165) is 17.5 Å². The lowest BCUT2D eigenvalue weighted by molar-refractivity contribution is 0.373. The van der Waals surface area contributed by atoms with Crippen molar-refractivity contribution in [2.45, 2.75) is 31.0 Å². The number of pyridine rings is 1. The summed E-state index contributed by atoms with van der Waals surface area (Å²) in [7, 11) is 2.49. The maximum Gasteiger partial charge on any atom is 0.115 e. The fraction of sp³-hybridized carbons (Fsp3) is 0.292. The molecule has 5 rings (SSSR count). The van der Waals surface area contributed by atoms with Crippen molar-refractivity contribution >= 4 is 7.85 Å². The van der Waals surface area contributed by atoms with E-state index < -0.39 is 0 Å². The first-order chi connectivity index (χ1) is 12.7. The van der Waals surface area contributed by atoms with Crippen LogP contribution in [0.5, 0.6) is 0 Å². The normalized spacial score (nSPS) is 26.9. The van der Waals surface area contributed by atoms with Gasteiger partial charge in [-0.25, -0.2) is 0 Å². The van der Waals surface area contributed by atoms with Gasteiger partial charge in [-0.05, 0) is 47.2 Å². The van der Waals surface area contributed by atoms with Crippen LogP contribution in [0.2, 0.25) is 0 Å². The Labute approximate surface area is 156 Å². The minimum absolute atomic E-state index is 0.400. The third-order valence-corrected chi connectivity index (χ3v) is 6.87. The highest BCUT2D eigenvalue weighted by molar-refractivity contribution is 6.16. The number of hydrogen-bond donors (Lipinski definition) is 0. The molecule has 3 unspecified atom stereocenters. The van der Waals surface area contributed by atoms with Gasteiger partial charge in [0.1, 0.15) is 7.85 Å². The quantitative estimate of drug-likeness (QED) is 0.609. The SMILES string of the molecule is BC1(c2ccc(-c3ccc(-c4ccccc4)nc3)cc2)CC2CCC1C2. The Bertz CT molecular complexity index is 901. The van der Waals surface area contributed by atoms with Crippen molar-refractivity contribution in [1.29, 1.82) is 0 Å². The second-order valence-corrected chi connectivity index (χ2v) is 8.37. The Morgan fingerprint density at radius 3 is 2.19 bits per heavy atom. The van der Waals surface area contributed by atoms with Crippen LogP contribution in [-0.2, 0) is 5.31 Å². The van der Waals surface area contributed by atoms with Gasteiger partial charge < -0.3 is 0 Å². The number of benzene rings is 2. The van der Waals surface area contributed by atoms with E-state index in [-0.39, 0.29) is 0 Å². The molecule has 2 aliphatic rings. The van der Waals surface area contributed by atoms with Crippen molar-refractivity contribution in [2.24, 2.45) is 11.8 Å². The lowest BCUT2D eigenvalue weighted by Crippen LogP contribution is -2.32. The third-order valence-electron chi connectivity index (χ3n) is 6.87. The highest BCUT2D eigenvalue weighted by Gasteiger charge is 2.48. The molecule has 3 atom stereocenters. The molecule has 1 aromatic heterocycles. The van der Waals surface area contributed by atoms with E-state index in [1.54, 1.807) is 0 Å². The van der Waals surface area contributed by atoms with Crippen molar-refractivity contribution < 1.29 is 0 Å². The van der Waals surface area contributed by atoms with Crippen molar-refractivity contribution in [1.82, 2.24) is 4.98 Å². The van der Waals surface area contributed by atoms with Crippen molar-refractivity contribution in [3.05, 3.63) is 78.5 Å². The predicted octanol–water partition coefficient (Wildman–Crippen LogP) is 5.06. The van der Waals surface area contributed by atoms with E-state index >= 15 is 0 Å². The molecule has 0 amide bonds. The molecule has 0 radical (unpaired) electrons. The molecule has 3 aromatic rings. The van der Waals surface area contributed by atoms with Gasteiger partial charge in [-0.3, -0.25) is 4.98 Å². The summed E-state index contributed by atoms with van der Waals surface area (Å²) in [6.07, 6.45) is 7.70. The molecule has 2 aliphatic carbocycles. The van der Waals surface area contributed by atoms with Crippen LogP contribution in [0.4, 0.5) is 0 Å². The average Bonchev–Trinajstić information content (AvgIpc) is 3.30. The van der Waals surface area contributed by atoms with E-state index in [0.29, 0.717) is 5.31 Å². The summed E-state index contributed by atoms with van der Waals surface area (Å²) in [5.74, 6) is 1.87. The molecule has 2 saturated carbocycles. The first-order valence-electron chi connectivity index (χ1n) is 9.85. The smallest absolute Gasteiger partial charge is 0.115 e. The maximum atomic E-state index is 4.67. The minimum atomic E-state index is 0.400. The lowest BCUT2D eigenvalue weighted by Gasteiger charge is -2.35. The largest absolute Gasteiger partial charge is 0.256 e. The van der Waals surface area contributed by atoms with E-state index in [1.807, 2.05) is 12.3 Å². The van der Waals surface area contributed by atoms with Gasteiger partial charge in [-0.1, -0.05) is 73.5 Å². The van der Waals surface area contributed by atoms with E-state index in [9.17, 15) is 0 Å². The standard InChI is InChI=1S/C24H24BN/c25-24(15-17-6-10-22(24)14-17)21-11-7-18(8-12-21)20-9-13-23(26-16-20)19-4-2-1-3-5-19/h1-5,7-9,11-13,16-17,22H,6,10,14-15,25H2. The van der Waals surface area contributed by atoms with Crippen LogP contribution in [-0.4, -0.2) is 12.8 Å². The number of nitrogens with zero attached hydrogens (tertiary/aromatic N) is 1. The maximum absolute atomic E-state index is 4.67. The summed E-state index contributed by atoms with van der Waals surface area (Å²) in [4.78, 5) is 4.67. The summed E-state index contributed by atoms with van der Waals surface area (Å²) < 4.78 is 0. The van der Waals surface area contributed by atoms with Gasteiger partial charge in [0.25, 0.3) is 0 Å². The van der Waals surface area contributed by atoms with Crippen LogP contribution in [0.25, 0.3) is 22.4 Å². The minimum Gasteiger partial charge on any atom is -0.256 e. The molecule has 0 N–H and O–H groups in total. The summed E-state index contributed by atoms with van der Waals surface area (Å²) in [6, 6.07) is 24.0. The zero-order chi connectivity index (χ0) is 17.6. The Kier molecular flexibility index (Phi) is 3.74. The highest BCUT2D eigenvalue weighted by atomic mass is 14.7. The van der Waals surface area contributed by atoms with E-state index in [2.05, 4.69) is 73.5 Å². The molecule has 2 fully saturated rings. The molecule has 1 heterocycles. The van der Waals surface area contributed by atoms with Gasteiger partial charge in [0.05, 0.1) is 5.69 Å². The lowest BCUT2D eigenvalue weighted by atomic mass is 9.55. The van der Waals surface area contributed by atoms with Crippen LogP contribution in [0.3, 0.4) is 0 Å². The topological polar surface area (TPSA) is 12.9 Å². The zero-order valence-corrected chi connectivity index (χ0v) is 15.4. The van der Waals surface area contributed by atoms with Crippen molar-refractivity contribution in [3.8, 4) is 22.4 Å². The first-order valence-corrected chi connectivity index (χ1v) is 9.85. The predicted molar refractivity (Wildman–Crippen MR) is 111 cm³/mol. The van der Waals surface area contributed by atoms with Crippen LogP contribution in [0.1, 0.15) is 31.2 Å². The summed E-state index contributed by atoms with van der Waals surface area (Å²) in [5.41, 5.74) is 6.17. The van der Waals surface area contributed by atoms with Crippen molar-refractivity contribution in [3.63, 3.8) is 0 Å². The molecule has 0 spiro atoms. The van der Waals surface area contributed by atoms with Crippen LogP contribution in [0.15, 0.2) is 72.9 Å². The van der Waals surface area contributed by atoms with Crippen molar-refractivity contribution in [2.75, 3.05) is 0 Å². The Hall–Kier alpha value is -2.35. The van der Waals surface area contributed by atoms with Gasteiger partial charge in [-0.2, -0.15) is 0 Å². The molecule has 128 valence electrons. The molecule has 0 saturated heterocycles. The summed E-state index contributed by atoms with van der Waals surface area (Å²) in [5, 5.41) is 0.400. The molecular formula is C24H24BN. The molecule has 26 heavy (non-hydrogen) atoms. The van der Waals surface area contributed by atoms with Gasteiger partial charge in [0, 0.05) is 17.3 Å². The van der Waals surface area contributed by atoms with E-state index in [4.69, 9.17) is 0 Å². The monoisotopic (exact) mass is 337 g/mol. The number of rotatable bonds is 3. The number of hydrogen-bond acceptors (Lipinski definition) is 1. The summed E-state index contributed by atoms with van der Waals surface area (Å²) in [6.45, 7) is 0. The first kappa shape index (κ1) is 15.9. The second-order valence-electron chi connectivity index (χ2n) is 8.37. The van der Waals surface area contributed by atoms with E-state index in [1.165, 1.54) is 47.9 Å². The number of aromatic nitrogens is 1. The highest BCUT2D eigenvalue weighted by Crippen LogP contribution is 2.55. The zero-order valence-electron chi connectivity index (χ0n) is 15.4. The molecule has 2 bridgehead atoms. The van der Waals surface area contributed by atoms with Gasteiger partial charge in [0.15, 0.2) is 0 Å². The molecule has 2 aromatic carbocycles. The van der Waals surface area contributed by atoms with Crippen LogP contribution >= 0.6 is 0 Å². The molecule has 2 heteroatoms. The summed E-state index contributed by atoms with van der Waals surface area (Å²) >= 11 is 0. The fourth-order valence-corrected chi connectivity index (χ4v) is 5.35. The Morgan fingerprint density at radius 2 is 1.58 bits per heavy atom. The van der Waals surface area contributed by atoms with Crippen LogP contribution in [0, 0.1) is 11.8 Å². The van der Waals surface area contributed by atoms with Gasteiger partial charge in [-0.15, -0.1) is 0 Å². The molecule has 0 aliphatic heterocycles. The fourth-order valence-electron chi connectivity index (χ4n) is 5.35. The Balaban J connectivity index is 1.39. The van der Waals surface area contributed by atoms with Gasteiger partial charge in [0.2, 0.25) is 0 Å². The second kappa shape index (κ2) is 6.12. The third kappa shape index (κ3) is 2.60. The average molecular weight is 337 g/mol. The van der Waals surface area contributed by atoms with Gasteiger partial charge >= 0.3 is 0 Å². The number of fused-ring (bicyclic) bond motifs is 2.